The van der Waals surface area contributed by atoms with Gasteiger partial charge in [0.1, 0.15) is 0 Å². The van der Waals surface area contributed by atoms with Crippen molar-refractivity contribution in [2.75, 3.05) is 0 Å². The van der Waals surface area contributed by atoms with Crippen molar-refractivity contribution in [3.8, 4) is 0 Å². The van der Waals surface area contributed by atoms with Gasteiger partial charge in [0, 0.05) is 0 Å². The van der Waals surface area contributed by atoms with Crippen molar-refractivity contribution in [2.24, 2.45) is 11.3 Å². The van der Waals surface area contributed by atoms with E-state index in [1.807, 2.05) is 0 Å². The summed E-state index contributed by atoms with van der Waals surface area (Å²) in [5, 5.41) is 0. The summed E-state index contributed by atoms with van der Waals surface area (Å²) in [4.78, 5) is 0. The summed E-state index contributed by atoms with van der Waals surface area (Å²) in [7, 11) is 0. The molecule has 12 heavy (non-hydrogen) atoms. The van der Waals surface area contributed by atoms with Gasteiger partial charge in [-0.3, -0.25) is 0 Å². The summed E-state index contributed by atoms with van der Waals surface area (Å²) in [6, 6.07) is 0. The van der Waals surface area contributed by atoms with Crippen molar-refractivity contribution in [3.05, 3.63) is 23.8 Å². The van der Waals surface area contributed by atoms with Crippen molar-refractivity contribution in [3.63, 3.8) is 0 Å². The van der Waals surface area contributed by atoms with Gasteiger partial charge in [-0.05, 0) is 42.6 Å². The zero-order valence-corrected chi connectivity index (χ0v) is 8.14. The largest absolute Gasteiger partial charge is 0.0810 e. The van der Waals surface area contributed by atoms with Gasteiger partial charge in [0.2, 0.25) is 0 Å². The molecule has 0 aromatic carbocycles. The van der Waals surface area contributed by atoms with Gasteiger partial charge >= 0.3 is 0 Å². The molecule has 2 rings (SSSR count). The summed E-state index contributed by atoms with van der Waals surface area (Å²) in [5.74, 6) is 0.874. The van der Waals surface area contributed by atoms with Gasteiger partial charge in [0.15, 0.2) is 0 Å². The molecule has 0 N–H and O–H groups in total. The maximum Gasteiger partial charge on any atom is -0.0157 e. The van der Waals surface area contributed by atoms with Crippen molar-refractivity contribution in [1.82, 2.24) is 0 Å². The SMILES string of the molecule is CC1(C)C=CC2=CCCCC2C1. The molecule has 2 aliphatic carbocycles. The van der Waals surface area contributed by atoms with Crippen LogP contribution in [0.4, 0.5) is 0 Å². The quantitative estimate of drug-likeness (QED) is 0.509. The molecule has 0 heterocycles. The third-order valence-corrected chi connectivity index (χ3v) is 3.11. The Balaban J connectivity index is 2.24. The van der Waals surface area contributed by atoms with Gasteiger partial charge < -0.3 is 0 Å². The molecule has 0 saturated heterocycles. The highest BCUT2D eigenvalue weighted by Crippen LogP contribution is 2.40. The fourth-order valence-corrected chi connectivity index (χ4v) is 2.42. The molecule has 66 valence electrons. The van der Waals surface area contributed by atoms with Gasteiger partial charge in [-0.15, -0.1) is 0 Å². The topological polar surface area (TPSA) is 0 Å². The molecule has 0 spiro atoms. The van der Waals surface area contributed by atoms with Gasteiger partial charge in [-0.25, -0.2) is 0 Å². The van der Waals surface area contributed by atoms with Crippen LogP contribution in [0.25, 0.3) is 0 Å². The minimum Gasteiger partial charge on any atom is -0.0810 e. The molecule has 0 heteroatoms. The predicted molar refractivity (Wildman–Crippen MR) is 53.0 cm³/mol. The van der Waals surface area contributed by atoms with E-state index in [2.05, 4.69) is 32.1 Å². The summed E-state index contributed by atoms with van der Waals surface area (Å²) in [6.45, 7) is 4.68. The van der Waals surface area contributed by atoms with E-state index in [4.69, 9.17) is 0 Å². The van der Waals surface area contributed by atoms with Crippen molar-refractivity contribution < 1.29 is 0 Å². The Morgan fingerprint density at radius 1 is 1.42 bits per heavy atom. The van der Waals surface area contributed by atoms with Crippen molar-refractivity contribution in [2.45, 2.75) is 39.5 Å². The highest BCUT2D eigenvalue weighted by Gasteiger charge is 2.27. The molecule has 0 aromatic heterocycles. The van der Waals surface area contributed by atoms with Crippen LogP contribution in [0.5, 0.6) is 0 Å². The smallest absolute Gasteiger partial charge is 0.0157 e. The zero-order chi connectivity index (χ0) is 8.60. The minimum absolute atomic E-state index is 0.444. The van der Waals surface area contributed by atoms with Crippen LogP contribution in [0.2, 0.25) is 0 Å². The Kier molecular flexibility index (Phi) is 1.86. The lowest BCUT2D eigenvalue weighted by Crippen LogP contribution is -2.21. The Morgan fingerprint density at radius 2 is 2.25 bits per heavy atom. The van der Waals surface area contributed by atoms with E-state index in [9.17, 15) is 0 Å². The van der Waals surface area contributed by atoms with Crippen LogP contribution in [0.1, 0.15) is 39.5 Å². The second-order valence-electron chi connectivity index (χ2n) is 4.86. The summed E-state index contributed by atoms with van der Waals surface area (Å²) < 4.78 is 0. The Morgan fingerprint density at radius 3 is 3.08 bits per heavy atom. The van der Waals surface area contributed by atoms with E-state index in [0.29, 0.717) is 5.41 Å². The van der Waals surface area contributed by atoms with Gasteiger partial charge in [-0.1, -0.05) is 32.1 Å². The van der Waals surface area contributed by atoms with E-state index in [1.165, 1.54) is 25.7 Å². The fourth-order valence-electron chi connectivity index (χ4n) is 2.42. The monoisotopic (exact) mass is 162 g/mol. The molecule has 1 unspecified atom stereocenters. The highest BCUT2D eigenvalue weighted by molar-refractivity contribution is 5.28. The molecular weight excluding hydrogens is 144 g/mol. The maximum absolute atomic E-state index is 2.43. The average Bonchev–Trinajstić information content (AvgIpc) is 2.02. The lowest BCUT2D eigenvalue weighted by atomic mass is 9.71. The molecule has 0 aromatic rings. The molecule has 0 radical (unpaired) electrons. The first-order valence-electron chi connectivity index (χ1n) is 5.07. The van der Waals surface area contributed by atoms with E-state index in [0.717, 1.165) is 5.92 Å². The molecule has 0 saturated carbocycles. The Bertz CT molecular complexity index is 230. The van der Waals surface area contributed by atoms with Crippen LogP contribution in [0.3, 0.4) is 0 Å². The summed E-state index contributed by atoms with van der Waals surface area (Å²) >= 11 is 0. The second kappa shape index (κ2) is 2.76. The van der Waals surface area contributed by atoms with Crippen LogP contribution in [0.15, 0.2) is 23.8 Å². The summed E-state index contributed by atoms with van der Waals surface area (Å²) in [6.07, 6.45) is 12.6. The van der Waals surface area contributed by atoms with E-state index >= 15 is 0 Å². The number of hydrogen-bond donors (Lipinski definition) is 0. The van der Waals surface area contributed by atoms with Crippen LogP contribution in [0, 0.1) is 11.3 Å². The summed E-state index contributed by atoms with van der Waals surface area (Å²) in [5.41, 5.74) is 2.06. The van der Waals surface area contributed by atoms with Crippen LogP contribution in [-0.2, 0) is 0 Å². The molecule has 1 atom stereocenters. The highest BCUT2D eigenvalue weighted by atomic mass is 14.3. The molecule has 0 nitrogen and oxygen atoms in total. The van der Waals surface area contributed by atoms with Gasteiger partial charge in [-0.2, -0.15) is 0 Å². The Hall–Kier alpha value is -0.520. The first-order valence-corrected chi connectivity index (χ1v) is 5.07. The van der Waals surface area contributed by atoms with Crippen LogP contribution in [-0.4, -0.2) is 0 Å². The van der Waals surface area contributed by atoms with Crippen LogP contribution < -0.4 is 0 Å². The molecule has 2 aliphatic rings. The molecule has 0 fully saturated rings. The first-order chi connectivity index (χ1) is 5.67. The second-order valence-corrected chi connectivity index (χ2v) is 4.86. The van der Waals surface area contributed by atoms with Gasteiger partial charge in [0.25, 0.3) is 0 Å². The average molecular weight is 162 g/mol. The standard InChI is InChI=1S/C12H18/c1-12(2)8-7-10-5-3-4-6-11(10)9-12/h5,7-8,11H,3-4,6,9H2,1-2H3. The van der Waals surface area contributed by atoms with Crippen molar-refractivity contribution in [1.29, 1.82) is 0 Å². The van der Waals surface area contributed by atoms with Crippen molar-refractivity contribution >= 4 is 0 Å². The Labute approximate surface area is 75.4 Å². The third-order valence-electron chi connectivity index (χ3n) is 3.11. The van der Waals surface area contributed by atoms with Crippen LogP contribution >= 0.6 is 0 Å². The molecule has 0 amide bonds. The zero-order valence-electron chi connectivity index (χ0n) is 8.14. The molecular formula is C12H18. The predicted octanol–water partition coefficient (Wildman–Crippen LogP) is 3.70. The number of allylic oxidation sites excluding steroid dienone is 4. The number of hydrogen-bond acceptors (Lipinski definition) is 0. The third kappa shape index (κ3) is 1.48. The lowest BCUT2D eigenvalue weighted by molar-refractivity contribution is 0.327. The normalized spacial score (nSPS) is 32.5. The fraction of sp³-hybridized carbons (Fsp3) is 0.667. The van der Waals surface area contributed by atoms with E-state index in [-0.39, 0.29) is 0 Å². The number of rotatable bonds is 0. The van der Waals surface area contributed by atoms with Gasteiger partial charge in [0.05, 0.1) is 0 Å². The van der Waals surface area contributed by atoms with E-state index in [1.54, 1.807) is 5.57 Å². The molecule has 0 aliphatic heterocycles. The number of fused-ring (bicyclic) bond motifs is 1. The lowest BCUT2D eigenvalue weighted by Gasteiger charge is -2.34. The molecule has 0 bridgehead atoms. The first kappa shape index (κ1) is 8.10. The van der Waals surface area contributed by atoms with E-state index < -0.39 is 0 Å². The minimum atomic E-state index is 0.444. The maximum atomic E-state index is 2.43.